The molecule has 134 valence electrons. The van der Waals surface area contributed by atoms with Gasteiger partial charge in [-0.15, -0.1) is 0 Å². The van der Waals surface area contributed by atoms with Gasteiger partial charge in [0.2, 0.25) is 0 Å². The number of carbonyl (C=O) groups excluding carboxylic acids is 1. The first-order valence-corrected chi connectivity index (χ1v) is 9.30. The molecule has 0 unspecified atom stereocenters. The molecule has 0 radical (unpaired) electrons. The molecular weight excluding hydrogens is 324 g/mol. The number of benzene rings is 1. The molecule has 3 aromatic rings. The van der Waals surface area contributed by atoms with E-state index in [1.165, 1.54) is 10.9 Å². The molecule has 3 heterocycles. The van der Waals surface area contributed by atoms with Crippen molar-refractivity contribution >= 4 is 16.8 Å². The summed E-state index contributed by atoms with van der Waals surface area (Å²) in [5, 5.41) is 1.25. The number of rotatable bonds is 3. The number of amides is 1. The standard InChI is InChI=1S/C21H24N4O/c1-24-14-20(23-15-24)21(26)25-11-4-5-16(9-12-25)13-17-6-2-8-19-18(17)7-3-10-22-19/h2-3,6-8,10,14-16H,4-5,9,11-13H2,1H3/t16-/m1/s1. The van der Waals surface area contributed by atoms with E-state index in [1.54, 1.807) is 12.5 Å². The lowest BCUT2D eigenvalue weighted by Crippen LogP contribution is -2.32. The van der Waals surface area contributed by atoms with Crippen LogP contribution in [0, 0.1) is 5.92 Å². The molecule has 1 amide bonds. The average Bonchev–Trinajstić information content (AvgIpc) is 2.96. The lowest BCUT2D eigenvalue weighted by molar-refractivity contribution is 0.0754. The lowest BCUT2D eigenvalue weighted by atomic mass is 9.91. The Balaban J connectivity index is 1.44. The van der Waals surface area contributed by atoms with E-state index < -0.39 is 0 Å². The summed E-state index contributed by atoms with van der Waals surface area (Å²) in [6, 6.07) is 10.5. The Bertz CT molecular complexity index is 912. The van der Waals surface area contributed by atoms with Crippen LogP contribution in [0.25, 0.3) is 10.9 Å². The number of aromatic nitrogens is 3. The van der Waals surface area contributed by atoms with Crippen LogP contribution in [0.4, 0.5) is 0 Å². The average molecular weight is 348 g/mol. The van der Waals surface area contributed by atoms with Crippen molar-refractivity contribution in [3.63, 3.8) is 0 Å². The number of carbonyl (C=O) groups is 1. The first-order chi connectivity index (χ1) is 12.7. The van der Waals surface area contributed by atoms with Gasteiger partial charge >= 0.3 is 0 Å². The minimum Gasteiger partial charge on any atom is -0.340 e. The predicted octanol–water partition coefficient (Wildman–Crippen LogP) is 3.45. The summed E-state index contributed by atoms with van der Waals surface area (Å²) in [5.41, 5.74) is 2.97. The molecule has 2 aromatic heterocycles. The van der Waals surface area contributed by atoms with Crippen molar-refractivity contribution in [3.8, 4) is 0 Å². The second-order valence-corrected chi connectivity index (χ2v) is 7.20. The second-order valence-electron chi connectivity index (χ2n) is 7.20. The van der Waals surface area contributed by atoms with Gasteiger partial charge in [0.25, 0.3) is 5.91 Å². The molecule has 4 rings (SSSR count). The van der Waals surface area contributed by atoms with Crippen molar-refractivity contribution in [2.75, 3.05) is 13.1 Å². The summed E-state index contributed by atoms with van der Waals surface area (Å²) < 4.78 is 1.82. The highest BCUT2D eigenvalue weighted by atomic mass is 16.2. The maximum absolute atomic E-state index is 12.6. The number of pyridine rings is 1. The van der Waals surface area contributed by atoms with Crippen LogP contribution >= 0.6 is 0 Å². The molecule has 5 heteroatoms. The van der Waals surface area contributed by atoms with Gasteiger partial charge in [0.1, 0.15) is 5.69 Å². The number of hydrogen-bond donors (Lipinski definition) is 0. The fraction of sp³-hybridized carbons (Fsp3) is 0.381. The molecule has 0 saturated carbocycles. The van der Waals surface area contributed by atoms with Crippen molar-refractivity contribution in [2.45, 2.75) is 25.7 Å². The van der Waals surface area contributed by atoms with Crippen LogP contribution < -0.4 is 0 Å². The molecule has 0 spiro atoms. The SMILES string of the molecule is Cn1cnc(C(=O)N2CCC[C@@H](Cc3cccc4ncccc34)CC2)c1. The van der Waals surface area contributed by atoms with Gasteiger partial charge in [-0.05, 0) is 49.3 Å². The van der Waals surface area contributed by atoms with Crippen molar-refractivity contribution in [1.29, 1.82) is 0 Å². The Hall–Kier alpha value is -2.69. The van der Waals surface area contributed by atoms with E-state index >= 15 is 0 Å². The van der Waals surface area contributed by atoms with Gasteiger partial charge in [0.15, 0.2) is 0 Å². The largest absolute Gasteiger partial charge is 0.340 e. The van der Waals surface area contributed by atoms with Crippen LogP contribution in [0.3, 0.4) is 0 Å². The van der Waals surface area contributed by atoms with E-state index in [-0.39, 0.29) is 5.91 Å². The number of nitrogens with zero attached hydrogens (tertiary/aromatic N) is 4. The smallest absolute Gasteiger partial charge is 0.274 e. The van der Waals surface area contributed by atoms with E-state index in [0.29, 0.717) is 11.6 Å². The molecule has 1 aliphatic rings. The summed E-state index contributed by atoms with van der Waals surface area (Å²) in [7, 11) is 1.89. The Kier molecular flexibility index (Phi) is 4.69. The first-order valence-electron chi connectivity index (χ1n) is 9.30. The monoisotopic (exact) mass is 348 g/mol. The second kappa shape index (κ2) is 7.28. The molecular formula is C21H24N4O. The normalized spacial score (nSPS) is 18.0. The predicted molar refractivity (Wildman–Crippen MR) is 102 cm³/mol. The van der Waals surface area contributed by atoms with Crippen LogP contribution in [0.1, 0.15) is 35.3 Å². The van der Waals surface area contributed by atoms with Crippen LogP contribution in [0.15, 0.2) is 49.1 Å². The quantitative estimate of drug-likeness (QED) is 0.728. The van der Waals surface area contributed by atoms with Crippen LogP contribution in [-0.4, -0.2) is 38.4 Å². The summed E-state index contributed by atoms with van der Waals surface area (Å²) in [6.45, 7) is 1.63. The number of fused-ring (bicyclic) bond motifs is 1. The fourth-order valence-corrected chi connectivity index (χ4v) is 3.91. The number of aryl methyl sites for hydroxylation is 1. The van der Waals surface area contributed by atoms with Crippen molar-refractivity contribution in [3.05, 3.63) is 60.3 Å². The Morgan fingerprint density at radius 1 is 1.15 bits per heavy atom. The maximum Gasteiger partial charge on any atom is 0.274 e. The highest BCUT2D eigenvalue weighted by molar-refractivity contribution is 5.92. The third-order valence-corrected chi connectivity index (χ3v) is 5.30. The molecule has 5 nitrogen and oxygen atoms in total. The van der Waals surface area contributed by atoms with Gasteiger partial charge in [0.05, 0.1) is 11.8 Å². The van der Waals surface area contributed by atoms with Gasteiger partial charge < -0.3 is 9.47 Å². The first kappa shape index (κ1) is 16.8. The highest BCUT2D eigenvalue weighted by Gasteiger charge is 2.23. The lowest BCUT2D eigenvalue weighted by Gasteiger charge is -2.19. The van der Waals surface area contributed by atoms with Gasteiger partial charge in [-0.25, -0.2) is 4.98 Å². The molecule has 1 aliphatic heterocycles. The molecule has 1 atom stereocenters. The van der Waals surface area contributed by atoms with Gasteiger partial charge in [-0.2, -0.15) is 0 Å². The van der Waals surface area contributed by atoms with Crippen LogP contribution in [0.5, 0.6) is 0 Å². The molecule has 0 N–H and O–H groups in total. The Morgan fingerprint density at radius 3 is 2.92 bits per heavy atom. The summed E-state index contributed by atoms with van der Waals surface area (Å²) in [5.74, 6) is 0.656. The van der Waals surface area contributed by atoms with E-state index in [4.69, 9.17) is 0 Å². The minimum absolute atomic E-state index is 0.0561. The molecule has 26 heavy (non-hydrogen) atoms. The number of likely N-dealkylation sites (tertiary alicyclic amines) is 1. The minimum atomic E-state index is 0.0561. The van der Waals surface area contributed by atoms with Gasteiger partial charge in [-0.3, -0.25) is 9.78 Å². The molecule has 1 fully saturated rings. The Labute approximate surface area is 153 Å². The molecule has 0 aliphatic carbocycles. The van der Waals surface area contributed by atoms with E-state index in [2.05, 4.69) is 34.2 Å². The topological polar surface area (TPSA) is 51.0 Å². The molecule has 1 saturated heterocycles. The van der Waals surface area contributed by atoms with Crippen molar-refractivity contribution < 1.29 is 4.79 Å². The number of imidazole rings is 1. The third-order valence-electron chi connectivity index (χ3n) is 5.30. The maximum atomic E-state index is 12.6. The van der Waals surface area contributed by atoms with E-state index in [1.807, 2.05) is 28.8 Å². The summed E-state index contributed by atoms with van der Waals surface area (Å²) in [6.07, 6.45) is 9.62. The zero-order valence-corrected chi connectivity index (χ0v) is 15.1. The zero-order chi connectivity index (χ0) is 17.9. The van der Waals surface area contributed by atoms with Crippen LogP contribution in [-0.2, 0) is 13.5 Å². The summed E-state index contributed by atoms with van der Waals surface area (Å²) >= 11 is 0. The van der Waals surface area contributed by atoms with Crippen molar-refractivity contribution in [1.82, 2.24) is 19.4 Å². The number of hydrogen-bond acceptors (Lipinski definition) is 3. The summed E-state index contributed by atoms with van der Waals surface area (Å²) in [4.78, 5) is 23.3. The zero-order valence-electron chi connectivity index (χ0n) is 15.1. The highest BCUT2D eigenvalue weighted by Crippen LogP contribution is 2.26. The van der Waals surface area contributed by atoms with Crippen molar-refractivity contribution in [2.24, 2.45) is 13.0 Å². The van der Waals surface area contributed by atoms with Crippen LogP contribution in [0.2, 0.25) is 0 Å². The third kappa shape index (κ3) is 3.47. The molecule has 1 aromatic carbocycles. The van der Waals surface area contributed by atoms with E-state index in [9.17, 15) is 4.79 Å². The molecule has 0 bridgehead atoms. The Morgan fingerprint density at radius 2 is 2.08 bits per heavy atom. The van der Waals surface area contributed by atoms with E-state index in [0.717, 1.165) is 44.3 Å². The van der Waals surface area contributed by atoms with Gasteiger partial charge in [-0.1, -0.05) is 18.2 Å². The fourth-order valence-electron chi connectivity index (χ4n) is 3.91. The van der Waals surface area contributed by atoms with Gasteiger partial charge in [0, 0.05) is 37.9 Å².